The molecule has 0 bridgehead atoms. The third kappa shape index (κ3) is 3.14. The zero-order chi connectivity index (χ0) is 19.0. The third-order valence-electron chi connectivity index (χ3n) is 6.19. The van der Waals surface area contributed by atoms with Gasteiger partial charge < -0.3 is 19.5 Å². The second kappa shape index (κ2) is 7.03. The fourth-order valence-electron chi connectivity index (χ4n) is 4.64. The van der Waals surface area contributed by atoms with Gasteiger partial charge in [0.2, 0.25) is 5.91 Å². The highest BCUT2D eigenvalue weighted by molar-refractivity contribution is 5.80. The maximum absolute atomic E-state index is 12.7. The van der Waals surface area contributed by atoms with Crippen LogP contribution in [0.3, 0.4) is 0 Å². The maximum Gasteiger partial charge on any atom is 0.315 e. The predicted octanol–water partition coefficient (Wildman–Crippen LogP) is 1.57. The number of nitrogens with zero attached hydrogens (tertiary/aromatic N) is 2. The third-order valence-corrected chi connectivity index (χ3v) is 6.19. The zero-order valence-electron chi connectivity index (χ0n) is 15.6. The van der Waals surface area contributed by atoms with Crippen molar-refractivity contribution in [1.82, 2.24) is 9.80 Å². The van der Waals surface area contributed by atoms with Gasteiger partial charge in [0.1, 0.15) is 23.5 Å². The lowest BCUT2D eigenvalue weighted by molar-refractivity contribution is -0.152. The number of fused-ring (bicyclic) bond motifs is 3. The fraction of sp³-hybridized carbons (Fsp3) is 0.600. The number of methoxy groups -OCH3 is 1. The van der Waals surface area contributed by atoms with E-state index >= 15 is 0 Å². The Morgan fingerprint density at radius 3 is 2.78 bits per heavy atom. The van der Waals surface area contributed by atoms with Crippen LogP contribution < -0.4 is 9.47 Å². The van der Waals surface area contributed by atoms with E-state index < -0.39 is 11.4 Å². The number of piperidine rings is 1. The number of hydrogen-bond acceptors (Lipinski definition) is 5. The summed E-state index contributed by atoms with van der Waals surface area (Å²) in [6.07, 6.45) is 3.28. The molecule has 2 saturated heterocycles. The van der Waals surface area contributed by atoms with Gasteiger partial charge >= 0.3 is 5.97 Å². The van der Waals surface area contributed by atoms with Crippen LogP contribution in [0.4, 0.5) is 0 Å². The largest absolute Gasteiger partial charge is 0.497 e. The molecule has 1 aromatic rings. The summed E-state index contributed by atoms with van der Waals surface area (Å²) in [7, 11) is 1.59. The Morgan fingerprint density at radius 2 is 2.07 bits per heavy atom. The summed E-state index contributed by atoms with van der Waals surface area (Å²) in [6.45, 7) is 2.89. The van der Waals surface area contributed by atoms with Crippen molar-refractivity contribution in [3.63, 3.8) is 0 Å². The SMILES string of the molecule is COc1ccc2c(c1)OC[C@]1(C(=O)O)CN(CC(=O)N3CCCCC3)C[C@H]21. The van der Waals surface area contributed by atoms with Gasteiger partial charge in [-0.15, -0.1) is 0 Å². The Hall–Kier alpha value is -2.28. The van der Waals surface area contributed by atoms with Crippen molar-refractivity contribution in [2.75, 3.05) is 46.4 Å². The number of carbonyl (C=O) groups excluding carboxylic acids is 1. The molecule has 27 heavy (non-hydrogen) atoms. The van der Waals surface area contributed by atoms with Crippen LogP contribution in [-0.4, -0.2) is 73.2 Å². The number of aliphatic carboxylic acids is 1. The van der Waals surface area contributed by atoms with E-state index in [1.807, 2.05) is 28.0 Å². The number of carbonyl (C=O) groups is 2. The first kappa shape index (κ1) is 18.1. The summed E-state index contributed by atoms with van der Waals surface area (Å²) in [6, 6.07) is 5.54. The second-order valence-corrected chi connectivity index (χ2v) is 7.82. The summed E-state index contributed by atoms with van der Waals surface area (Å²) >= 11 is 0. The normalized spacial score (nSPS) is 27.4. The molecule has 0 saturated carbocycles. The first-order valence-electron chi connectivity index (χ1n) is 9.58. The molecule has 7 nitrogen and oxygen atoms in total. The van der Waals surface area contributed by atoms with Crippen LogP contribution >= 0.6 is 0 Å². The number of benzene rings is 1. The average Bonchev–Trinajstić information content (AvgIpc) is 3.08. The van der Waals surface area contributed by atoms with E-state index in [4.69, 9.17) is 9.47 Å². The van der Waals surface area contributed by atoms with Gasteiger partial charge in [-0.2, -0.15) is 0 Å². The number of carboxylic acid groups (broad SMARTS) is 1. The highest BCUT2D eigenvalue weighted by Gasteiger charge is 2.56. The lowest BCUT2D eigenvalue weighted by Gasteiger charge is -2.36. The smallest absolute Gasteiger partial charge is 0.315 e. The number of carboxylic acids is 1. The van der Waals surface area contributed by atoms with Crippen molar-refractivity contribution in [2.45, 2.75) is 25.2 Å². The highest BCUT2D eigenvalue weighted by atomic mass is 16.5. The van der Waals surface area contributed by atoms with Crippen molar-refractivity contribution in [1.29, 1.82) is 0 Å². The van der Waals surface area contributed by atoms with Gasteiger partial charge in [0.05, 0.1) is 13.7 Å². The van der Waals surface area contributed by atoms with Gasteiger partial charge in [0.25, 0.3) is 0 Å². The molecular weight excluding hydrogens is 348 g/mol. The summed E-state index contributed by atoms with van der Waals surface area (Å²) in [4.78, 5) is 28.7. The van der Waals surface area contributed by atoms with Gasteiger partial charge in [-0.25, -0.2) is 0 Å². The topological polar surface area (TPSA) is 79.3 Å². The van der Waals surface area contributed by atoms with Crippen LogP contribution in [0.2, 0.25) is 0 Å². The van der Waals surface area contributed by atoms with E-state index in [2.05, 4.69) is 0 Å². The molecule has 1 amide bonds. The molecule has 3 heterocycles. The van der Waals surface area contributed by atoms with Crippen LogP contribution in [0, 0.1) is 5.41 Å². The van der Waals surface area contributed by atoms with Gasteiger partial charge in [-0.05, 0) is 25.3 Å². The van der Waals surface area contributed by atoms with Crippen LogP contribution in [0.15, 0.2) is 18.2 Å². The number of ether oxygens (including phenoxy) is 2. The molecule has 4 rings (SSSR count). The molecule has 146 valence electrons. The molecule has 0 aliphatic carbocycles. The molecule has 2 atom stereocenters. The fourth-order valence-corrected chi connectivity index (χ4v) is 4.64. The molecule has 0 spiro atoms. The molecule has 3 aliphatic heterocycles. The quantitative estimate of drug-likeness (QED) is 0.862. The van der Waals surface area contributed by atoms with E-state index in [1.54, 1.807) is 7.11 Å². The summed E-state index contributed by atoms with van der Waals surface area (Å²) in [5.41, 5.74) is -0.124. The van der Waals surface area contributed by atoms with Crippen molar-refractivity contribution in [2.24, 2.45) is 5.41 Å². The van der Waals surface area contributed by atoms with Crippen molar-refractivity contribution in [3.05, 3.63) is 23.8 Å². The van der Waals surface area contributed by atoms with Gasteiger partial charge in [-0.3, -0.25) is 14.5 Å². The van der Waals surface area contributed by atoms with Gasteiger partial charge in [-0.1, -0.05) is 6.07 Å². The molecule has 7 heteroatoms. The minimum Gasteiger partial charge on any atom is -0.497 e. The molecule has 1 N–H and O–H groups in total. The van der Waals surface area contributed by atoms with Gasteiger partial charge in [0, 0.05) is 43.7 Å². The number of rotatable bonds is 4. The Morgan fingerprint density at radius 1 is 1.30 bits per heavy atom. The minimum atomic E-state index is -1.01. The maximum atomic E-state index is 12.7. The first-order valence-corrected chi connectivity index (χ1v) is 9.58. The standard InChI is InChI=1S/C20H26N2O5/c1-26-14-5-6-15-16-10-21(11-18(23)22-7-3-2-4-8-22)12-20(16,19(24)25)13-27-17(15)9-14/h5-6,9,16H,2-4,7-8,10-13H2,1H3,(H,24,25)/t16-,20-/m1/s1. The zero-order valence-corrected chi connectivity index (χ0v) is 15.6. The molecule has 0 unspecified atom stereocenters. The molecule has 2 fully saturated rings. The summed E-state index contributed by atoms with van der Waals surface area (Å²) in [5, 5.41) is 10.00. The van der Waals surface area contributed by atoms with Crippen LogP contribution in [0.25, 0.3) is 0 Å². The van der Waals surface area contributed by atoms with E-state index in [0.717, 1.165) is 31.5 Å². The van der Waals surface area contributed by atoms with E-state index in [0.29, 0.717) is 24.6 Å². The number of hydrogen-bond donors (Lipinski definition) is 1. The monoisotopic (exact) mass is 374 g/mol. The van der Waals surface area contributed by atoms with Crippen LogP contribution in [0.1, 0.15) is 30.7 Å². The minimum absolute atomic E-state index is 0.102. The molecule has 3 aliphatic rings. The lowest BCUT2D eigenvalue weighted by atomic mass is 9.73. The first-order chi connectivity index (χ1) is 13.0. The Balaban J connectivity index is 1.55. The molecule has 1 aromatic carbocycles. The Kier molecular flexibility index (Phi) is 4.72. The molecule has 0 aromatic heterocycles. The predicted molar refractivity (Wildman–Crippen MR) is 98.2 cm³/mol. The van der Waals surface area contributed by atoms with Crippen LogP contribution in [-0.2, 0) is 9.59 Å². The van der Waals surface area contributed by atoms with E-state index in [1.165, 1.54) is 6.42 Å². The van der Waals surface area contributed by atoms with Crippen molar-refractivity contribution >= 4 is 11.9 Å². The lowest BCUT2D eigenvalue weighted by Crippen LogP contribution is -2.46. The average molecular weight is 374 g/mol. The highest BCUT2D eigenvalue weighted by Crippen LogP contribution is 2.50. The Bertz CT molecular complexity index is 746. The molecular formula is C20H26N2O5. The second-order valence-electron chi connectivity index (χ2n) is 7.82. The number of amides is 1. The Labute approximate surface area is 158 Å². The van der Waals surface area contributed by atoms with E-state index in [-0.39, 0.29) is 25.0 Å². The van der Waals surface area contributed by atoms with Crippen molar-refractivity contribution in [3.8, 4) is 11.5 Å². The number of likely N-dealkylation sites (tertiary alicyclic amines) is 2. The summed E-state index contributed by atoms with van der Waals surface area (Å²) < 4.78 is 11.1. The van der Waals surface area contributed by atoms with Gasteiger partial charge in [0.15, 0.2) is 0 Å². The van der Waals surface area contributed by atoms with E-state index in [9.17, 15) is 14.7 Å². The van der Waals surface area contributed by atoms with Crippen molar-refractivity contribution < 1.29 is 24.2 Å². The van der Waals surface area contributed by atoms with Crippen LogP contribution in [0.5, 0.6) is 11.5 Å². The molecule has 0 radical (unpaired) electrons. The summed E-state index contributed by atoms with van der Waals surface area (Å²) in [5.74, 6) is 0.414.